The number of hydrogen-bond donors (Lipinski definition) is 1. The van der Waals surface area contributed by atoms with Gasteiger partial charge in [0.15, 0.2) is 0 Å². The van der Waals surface area contributed by atoms with Crippen molar-refractivity contribution < 1.29 is 9.18 Å². The molecular weight excluding hydrogens is 429 g/mol. The van der Waals surface area contributed by atoms with Crippen LogP contribution in [0.3, 0.4) is 0 Å². The molecule has 0 spiro atoms. The van der Waals surface area contributed by atoms with E-state index < -0.39 is 5.91 Å². The SMILES string of the molecule is CN(C)c1ccc(/C=N/NC(=O)/C(=C/c2cnn(-c3ccccc3)c2)c2ccc(F)cc2)cc1. The average molecular weight is 454 g/mol. The number of para-hydroxylation sites is 1. The van der Waals surface area contributed by atoms with Crippen LogP contribution in [0.15, 0.2) is 96.4 Å². The van der Waals surface area contributed by atoms with Gasteiger partial charge in [0.25, 0.3) is 5.91 Å². The first kappa shape index (κ1) is 22.7. The predicted octanol–water partition coefficient (Wildman–Crippen LogP) is 4.77. The molecule has 170 valence electrons. The number of benzene rings is 3. The Bertz CT molecular complexity index is 1310. The Morgan fingerprint density at radius 3 is 2.35 bits per heavy atom. The number of carbonyl (C=O) groups excluding carboxylic acids is 1. The topological polar surface area (TPSA) is 62.5 Å². The Labute approximate surface area is 197 Å². The Kier molecular flexibility index (Phi) is 6.93. The van der Waals surface area contributed by atoms with E-state index in [9.17, 15) is 9.18 Å². The molecule has 4 aromatic rings. The van der Waals surface area contributed by atoms with Crippen LogP contribution in [0.2, 0.25) is 0 Å². The number of nitrogens with one attached hydrogen (secondary N) is 1. The van der Waals surface area contributed by atoms with Crippen LogP contribution in [0.25, 0.3) is 17.3 Å². The lowest BCUT2D eigenvalue weighted by Crippen LogP contribution is -2.19. The maximum absolute atomic E-state index is 13.5. The van der Waals surface area contributed by atoms with E-state index in [0.29, 0.717) is 11.1 Å². The standard InChI is InChI=1S/C27H24FN5O/c1-32(2)24-14-8-20(9-15-24)17-29-31-27(34)26(22-10-12-23(28)13-11-22)16-21-18-30-33(19-21)25-6-4-3-5-7-25/h3-19H,1-2H3,(H,31,34)/b26-16+,29-17+. The van der Waals surface area contributed by atoms with E-state index in [1.807, 2.05) is 79.8 Å². The fraction of sp³-hybridized carbons (Fsp3) is 0.0741. The highest BCUT2D eigenvalue weighted by Gasteiger charge is 2.13. The van der Waals surface area contributed by atoms with Gasteiger partial charge in [-0.1, -0.05) is 42.5 Å². The van der Waals surface area contributed by atoms with Crippen LogP contribution in [0.1, 0.15) is 16.7 Å². The summed E-state index contributed by atoms with van der Waals surface area (Å²) in [5.41, 5.74) is 7.02. The number of hydrazone groups is 1. The highest BCUT2D eigenvalue weighted by molar-refractivity contribution is 6.24. The molecule has 0 saturated carbocycles. The van der Waals surface area contributed by atoms with Gasteiger partial charge < -0.3 is 4.90 Å². The van der Waals surface area contributed by atoms with E-state index in [-0.39, 0.29) is 5.82 Å². The monoisotopic (exact) mass is 453 g/mol. The lowest BCUT2D eigenvalue weighted by molar-refractivity contribution is -0.115. The molecule has 1 aromatic heterocycles. The van der Waals surface area contributed by atoms with Crippen LogP contribution < -0.4 is 10.3 Å². The summed E-state index contributed by atoms with van der Waals surface area (Å²) in [5.74, 6) is -0.792. The average Bonchev–Trinajstić information content (AvgIpc) is 3.33. The van der Waals surface area contributed by atoms with E-state index in [1.54, 1.807) is 35.3 Å². The number of hydrogen-bond acceptors (Lipinski definition) is 4. The van der Waals surface area contributed by atoms with Crippen molar-refractivity contribution in [2.24, 2.45) is 5.10 Å². The lowest BCUT2D eigenvalue weighted by atomic mass is 10.0. The largest absolute Gasteiger partial charge is 0.378 e. The van der Waals surface area contributed by atoms with E-state index >= 15 is 0 Å². The molecule has 1 heterocycles. The normalized spacial score (nSPS) is 11.6. The first-order valence-corrected chi connectivity index (χ1v) is 10.7. The zero-order chi connectivity index (χ0) is 23.9. The summed E-state index contributed by atoms with van der Waals surface area (Å²) < 4.78 is 15.2. The number of amides is 1. The smallest absolute Gasteiger partial charge is 0.271 e. The molecule has 0 aliphatic rings. The molecular formula is C27H24FN5O. The van der Waals surface area contributed by atoms with Crippen LogP contribution in [0.5, 0.6) is 0 Å². The third kappa shape index (κ3) is 5.63. The number of halogens is 1. The first-order valence-electron chi connectivity index (χ1n) is 10.7. The van der Waals surface area contributed by atoms with Crippen molar-refractivity contribution in [2.75, 3.05) is 19.0 Å². The Hall–Kier alpha value is -4.52. The Morgan fingerprint density at radius 2 is 1.68 bits per heavy atom. The molecule has 3 aromatic carbocycles. The molecule has 0 bridgehead atoms. The fourth-order valence-corrected chi connectivity index (χ4v) is 3.29. The molecule has 7 heteroatoms. The van der Waals surface area contributed by atoms with Crippen LogP contribution in [0, 0.1) is 5.82 Å². The minimum atomic E-state index is -0.416. The maximum Gasteiger partial charge on any atom is 0.271 e. The molecule has 0 aliphatic carbocycles. The van der Waals surface area contributed by atoms with Crippen molar-refractivity contribution in [1.82, 2.24) is 15.2 Å². The number of nitrogens with zero attached hydrogens (tertiary/aromatic N) is 4. The van der Waals surface area contributed by atoms with Crippen molar-refractivity contribution >= 4 is 29.5 Å². The molecule has 0 fully saturated rings. The number of rotatable bonds is 7. The zero-order valence-corrected chi connectivity index (χ0v) is 18.9. The second kappa shape index (κ2) is 10.4. The Balaban J connectivity index is 1.57. The van der Waals surface area contributed by atoms with Crippen molar-refractivity contribution in [3.63, 3.8) is 0 Å². The molecule has 0 atom stereocenters. The van der Waals surface area contributed by atoms with Crippen LogP contribution >= 0.6 is 0 Å². The van der Waals surface area contributed by atoms with Gasteiger partial charge in [0, 0.05) is 37.1 Å². The molecule has 0 unspecified atom stereocenters. The van der Waals surface area contributed by atoms with Gasteiger partial charge in [-0.15, -0.1) is 0 Å². The van der Waals surface area contributed by atoms with Crippen molar-refractivity contribution in [1.29, 1.82) is 0 Å². The molecule has 0 aliphatic heterocycles. The summed E-state index contributed by atoms with van der Waals surface area (Å²) >= 11 is 0. The van der Waals surface area contributed by atoms with E-state index in [2.05, 4.69) is 15.6 Å². The summed E-state index contributed by atoms with van der Waals surface area (Å²) in [4.78, 5) is 15.0. The first-order chi connectivity index (χ1) is 16.5. The highest BCUT2D eigenvalue weighted by Crippen LogP contribution is 2.20. The summed E-state index contributed by atoms with van der Waals surface area (Å²) in [6.45, 7) is 0. The summed E-state index contributed by atoms with van der Waals surface area (Å²) in [6, 6.07) is 23.2. The van der Waals surface area contributed by atoms with Gasteiger partial charge in [0.1, 0.15) is 5.82 Å². The molecule has 0 radical (unpaired) electrons. The minimum absolute atomic E-state index is 0.340. The summed E-state index contributed by atoms with van der Waals surface area (Å²) in [5, 5.41) is 8.48. The summed E-state index contributed by atoms with van der Waals surface area (Å²) in [6.07, 6.45) is 6.77. The van der Waals surface area contributed by atoms with Crippen LogP contribution in [-0.2, 0) is 4.79 Å². The second-order valence-electron chi connectivity index (χ2n) is 7.80. The summed E-state index contributed by atoms with van der Waals surface area (Å²) in [7, 11) is 3.94. The third-order valence-electron chi connectivity index (χ3n) is 5.12. The Morgan fingerprint density at radius 1 is 0.971 bits per heavy atom. The maximum atomic E-state index is 13.5. The fourth-order valence-electron chi connectivity index (χ4n) is 3.29. The molecule has 0 saturated heterocycles. The number of anilines is 1. The molecule has 4 rings (SSSR count). The van der Waals surface area contributed by atoms with E-state index in [0.717, 1.165) is 22.5 Å². The van der Waals surface area contributed by atoms with Gasteiger partial charge in [0.2, 0.25) is 0 Å². The van der Waals surface area contributed by atoms with Crippen molar-refractivity contribution in [3.8, 4) is 5.69 Å². The van der Waals surface area contributed by atoms with Gasteiger partial charge in [0.05, 0.1) is 18.1 Å². The lowest BCUT2D eigenvalue weighted by Gasteiger charge is -2.11. The molecule has 34 heavy (non-hydrogen) atoms. The number of carbonyl (C=O) groups is 1. The van der Waals surface area contributed by atoms with Gasteiger partial charge in [-0.3, -0.25) is 4.79 Å². The van der Waals surface area contributed by atoms with E-state index in [1.165, 1.54) is 12.1 Å². The number of aromatic nitrogens is 2. The highest BCUT2D eigenvalue weighted by atomic mass is 19.1. The van der Waals surface area contributed by atoms with Gasteiger partial charge >= 0.3 is 0 Å². The van der Waals surface area contributed by atoms with Crippen LogP contribution in [0.4, 0.5) is 10.1 Å². The molecule has 1 N–H and O–H groups in total. The van der Waals surface area contributed by atoms with E-state index in [4.69, 9.17) is 0 Å². The van der Waals surface area contributed by atoms with Crippen molar-refractivity contribution in [2.45, 2.75) is 0 Å². The van der Waals surface area contributed by atoms with Gasteiger partial charge in [-0.2, -0.15) is 10.2 Å². The molecule has 6 nitrogen and oxygen atoms in total. The zero-order valence-electron chi connectivity index (χ0n) is 18.9. The van der Waals surface area contributed by atoms with Gasteiger partial charge in [-0.25, -0.2) is 14.5 Å². The predicted molar refractivity (Wildman–Crippen MR) is 134 cm³/mol. The third-order valence-corrected chi connectivity index (χ3v) is 5.12. The van der Waals surface area contributed by atoms with Crippen LogP contribution in [-0.4, -0.2) is 36.0 Å². The van der Waals surface area contributed by atoms with Crippen molar-refractivity contribution in [3.05, 3.63) is 114 Å². The molecule has 1 amide bonds. The minimum Gasteiger partial charge on any atom is -0.378 e. The van der Waals surface area contributed by atoms with Gasteiger partial charge in [-0.05, 0) is 53.6 Å². The quantitative estimate of drug-likeness (QED) is 0.249. The second-order valence-corrected chi connectivity index (χ2v) is 7.80.